The first kappa shape index (κ1) is 19.7. The van der Waals surface area contributed by atoms with Crippen molar-refractivity contribution in [3.63, 3.8) is 0 Å². The van der Waals surface area contributed by atoms with E-state index in [1.54, 1.807) is 18.2 Å². The fourth-order valence-electron chi connectivity index (χ4n) is 2.43. The lowest BCUT2D eigenvalue weighted by Crippen LogP contribution is -2.13. The summed E-state index contributed by atoms with van der Waals surface area (Å²) >= 11 is 1.09. The summed E-state index contributed by atoms with van der Waals surface area (Å²) in [5.74, 6) is 0.467. The number of nitrogens with one attached hydrogen (secondary N) is 1. The molecule has 1 heterocycles. The Kier molecular flexibility index (Phi) is 5.55. The molecule has 0 unspecified atom stereocenters. The molecule has 3 rings (SSSR count). The van der Waals surface area contributed by atoms with Crippen molar-refractivity contribution in [2.24, 2.45) is 0 Å². The Morgan fingerprint density at radius 3 is 2.57 bits per heavy atom. The van der Waals surface area contributed by atoms with Crippen molar-refractivity contribution in [3.05, 3.63) is 59.1 Å². The van der Waals surface area contributed by atoms with Gasteiger partial charge in [-0.15, -0.1) is 11.3 Å². The van der Waals surface area contributed by atoms with Crippen molar-refractivity contribution in [1.82, 2.24) is 4.98 Å². The molecule has 9 heteroatoms. The highest BCUT2D eigenvalue weighted by Crippen LogP contribution is 2.33. The van der Waals surface area contributed by atoms with Crippen LogP contribution in [0.2, 0.25) is 0 Å². The number of amides is 1. The van der Waals surface area contributed by atoms with Crippen LogP contribution in [0.25, 0.3) is 10.6 Å². The highest BCUT2D eigenvalue weighted by atomic mass is 32.1. The highest BCUT2D eigenvalue weighted by molar-refractivity contribution is 7.13. The molecule has 1 amide bonds. The number of benzene rings is 2. The van der Waals surface area contributed by atoms with Crippen LogP contribution in [-0.4, -0.2) is 25.1 Å². The summed E-state index contributed by atoms with van der Waals surface area (Å²) in [5.41, 5.74) is 0.0345. The number of thiazole rings is 1. The molecule has 0 saturated heterocycles. The maximum Gasteiger partial charge on any atom is 0.416 e. The van der Waals surface area contributed by atoms with E-state index in [0.29, 0.717) is 27.8 Å². The standard InChI is InChI=1S/C19H15F3N2O3S/c1-26-13-6-7-14(16(9-13)27-2)23-17(25)15-10-28-18(24-15)11-4-3-5-12(8-11)19(20,21)22/h3-10H,1-2H3,(H,23,25). The summed E-state index contributed by atoms with van der Waals surface area (Å²) < 4.78 is 49.0. The molecule has 0 fully saturated rings. The SMILES string of the molecule is COc1ccc(NC(=O)c2csc(-c3cccc(C(F)(F)F)c3)n2)c(OC)c1. The molecule has 0 saturated carbocycles. The molecule has 0 radical (unpaired) electrons. The summed E-state index contributed by atoms with van der Waals surface area (Å²) in [5, 5.41) is 4.48. The van der Waals surface area contributed by atoms with E-state index in [1.165, 1.54) is 31.7 Å². The Morgan fingerprint density at radius 2 is 1.89 bits per heavy atom. The second-order valence-corrected chi connectivity index (χ2v) is 6.49. The number of carbonyl (C=O) groups excluding carboxylic acids is 1. The van der Waals surface area contributed by atoms with Crippen molar-refractivity contribution < 1.29 is 27.4 Å². The van der Waals surface area contributed by atoms with Gasteiger partial charge in [-0.25, -0.2) is 4.98 Å². The quantitative estimate of drug-likeness (QED) is 0.638. The highest BCUT2D eigenvalue weighted by Gasteiger charge is 2.30. The van der Waals surface area contributed by atoms with E-state index in [9.17, 15) is 18.0 Å². The average Bonchev–Trinajstić information content (AvgIpc) is 3.18. The molecule has 0 aliphatic heterocycles. The van der Waals surface area contributed by atoms with Crippen molar-refractivity contribution in [3.8, 4) is 22.1 Å². The zero-order valence-corrected chi connectivity index (χ0v) is 15.6. The molecule has 0 aliphatic carbocycles. The van der Waals surface area contributed by atoms with Crippen molar-refractivity contribution in [2.75, 3.05) is 19.5 Å². The van der Waals surface area contributed by atoms with Gasteiger partial charge in [-0.05, 0) is 24.3 Å². The van der Waals surface area contributed by atoms with Crippen LogP contribution >= 0.6 is 11.3 Å². The topological polar surface area (TPSA) is 60.5 Å². The van der Waals surface area contributed by atoms with Gasteiger partial charge >= 0.3 is 6.18 Å². The summed E-state index contributed by atoms with van der Waals surface area (Å²) in [6.45, 7) is 0. The lowest BCUT2D eigenvalue weighted by atomic mass is 10.1. The number of methoxy groups -OCH3 is 2. The second kappa shape index (κ2) is 7.89. The second-order valence-electron chi connectivity index (χ2n) is 5.64. The predicted octanol–water partition coefficient (Wildman–Crippen LogP) is 5.10. The molecule has 5 nitrogen and oxygen atoms in total. The van der Waals surface area contributed by atoms with Gasteiger partial charge in [0.25, 0.3) is 5.91 Å². The number of hydrogen-bond acceptors (Lipinski definition) is 5. The molecule has 0 aliphatic rings. The zero-order valence-electron chi connectivity index (χ0n) is 14.8. The molecule has 3 aromatic rings. The van der Waals surface area contributed by atoms with Crippen LogP contribution in [0.3, 0.4) is 0 Å². The smallest absolute Gasteiger partial charge is 0.416 e. The number of nitrogens with zero attached hydrogens (tertiary/aromatic N) is 1. The normalized spacial score (nSPS) is 11.2. The Bertz CT molecular complexity index is 1000. The number of aromatic nitrogens is 1. The first-order valence-corrected chi connectivity index (χ1v) is 8.86. The fraction of sp³-hybridized carbons (Fsp3) is 0.158. The monoisotopic (exact) mass is 408 g/mol. The van der Waals surface area contributed by atoms with E-state index in [4.69, 9.17) is 9.47 Å². The predicted molar refractivity (Wildman–Crippen MR) is 100 cm³/mol. The number of anilines is 1. The van der Waals surface area contributed by atoms with E-state index in [1.807, 2.05) is 0 Å². The summed E-state index contributed by atoms with van der Waals surface area (Å²) in [6.07, 6.45) is -4.45. The fourth-order valence-corrected chi connectivity index (χ4v) is 3.22. The average molecular weight is 408 g/mol. The number of ether oxygens (including phenoxy) is 2. The molecule has 146 valence electrons. The van der Waals surface area contributed by atoms with Gasteiger partial charge < -0.3 is 14.8 Å². The minimum Gasteiger partial charge on any atom is -0.497 e. The Balaban J connectivity index is 1.82. The van der Waals surface area contributed by atoms with Crippen molar-refractivity contribution >= 4 is 22.9 Å². The van der Waals surface area contributed by atoms with Crippen molar-refractivity contribution in [2.45, 2.75) is 6.18 Å². The summed E-state index contributed by atoms with van der Waals surface area (Å²) in [6, 6.07) is 9.71. The molecule has 1 aromatic heterocycles. The van der Waals surface area contributed by atoms with Gasteiger partial charge in [-0.3, -0.25) is 4.79 Å². The number of carbonyl (C=O) groups is 1. The van der Waals surface area contributed by atoms with Gasteiger partial charge in [0.05, 0.1) is 25.5 Å². The number of rotatable bonds is 5. The van der Waals surface area contributed by atoms with Crippen LogP contribution in [-0.2, 0) is 6.18 Å². The summed E-state index contributed by atoms with van der Waals surface area (Å²) in [4.78, 5) is 16.6. The number of hydrogen-bond donors (Lipinski definition) is 1. The molecule has 28 heavy (non-hydrogen) atoms. The van der Waals surface area contributed by atoms with E-state index in [2.05, 4.69) is 10.3 Å². The number of alkyl halides is 3. The molecule has 0 bridgehead atoms. The van der Waals surface area contributed by atoms with Gasteiger partial charge in [0.2, 0.25) is 0 Å². The van der Waals surface area contributed by atoms with Crippen LogP contribution in [0.1, 0.15) is 16.1 Å². The molecule has 2 aromatic carbocycles. The first-order valence-electron chi connectivity index (χ1n) is 7.98. The molecule has 0 spiro atoms. The maximum atomic E-state index is 12.9. The Labute approximate surface area is 162 Å². The van der Waals surface area contributed by atoms with Crippen LogP contribution in [0.5, 0.6) is 11.5 Å². The minimum atomic E-state index is -4.45. The van der Waals surface area contributed by atoms with Gasteiger partial charge in [0, 0.05) is 17.0 Å². The van der Waals surface area contributed by atoms with Crippen LogP contribution in [0.15, 0.2) is 47.8 Å². The van der Waals surface area contributed by atoms with Gasteiger partial charge in [-0.1, -0.05) is 12.1 Å². The first-order chi connectivity index (χ1) is 13.3. The largest absolute Gasteiger partial charge is 0.497 e. The van der Waals surface area contributed by atoms with Gasteiger partial charge in [0.15, 0.2) is 0 Å². The van der Waals surface area contributed by atoms with Gasteiger partial charge in [-0.2, -0.15) is 13.2 Å². The molecule has 0 atom stereocenters. The zero-order chi connectivity index (χ0) is 20.3. The van der Waals surface area contributed by atoms with Gasteiger partial charge in [0.1, 0.15) is 22.2 Å². The summed E-state index contributed by atoms with van der Waals surface area (Å²) in [7, 11) is 2.97. The number of halogens is 3. The van der Waals surface area contributed by atoms with E-state index in [-0.39, 0.29) is 5.69 Å². The molecular formula is C19H15F3N2O3S. The third kappa shape index (κ3) is 4.25. The third-order valence-corrected chi connectivity index (χ3v) is 4.72. The van der Waals surface area contributed by atoms with E-state index in [0.717, 1.165) is 23.5 Å². The molecule has 1 N–H and O–H groups in total. The Hall–Kier alpha value is -3.07. The lowest BCUT2D eigenvalue weighted by molar-refractivity contribution is -0.137. The lowest BCUT2D eigenvalue weighted by Gasteiger charge is -2.10. The van der Waals surface area contributed by atoms with Crippen molar-refractivity contribution in [1.29, 1.82) is 0 Å². The van der Waals surface area contributed by atoms with E-state index >= 15 is 0 Å². The maximum absolute atomic E-state index is 12.9. The third-order valence-electron chi connectivity index (χ3n) is 3.83. The van der Waals surface area contributed by atoms with E-state index < -0.39 is 17.6 Å². The molecular weight excluding hydrogens is 393 g/mol. The van der Waals surface area contributed by atoms with Crippen LogP contribution < -0.4 is 14.8 Å². The minimum absolute atomic E-state index is 0.0929. The van der Waals surface area contributed by atoms with Crippen LogP contribution in [0.4, 0.5) is 18.9 Å². The Morgan fingerprint density at radius 1 is 1.11 bits per heavy atom. The van der Waals surface area contributed by atoms with Crippen LogP contribution in [0, 0.1) is 0 Å².